The Balaban J connectivity index is 1.61. The van der Waals surface area contributed by atoms with Gasteiger partial charge >= 0.3 is 5.76 Å². The van der Waals surface area contributed by atoms with Crippen LogP contribution >= 0.6 is 0 Å². The first-order chi connectivity index (χ1) is 10.6. The number of aryl methyl sites for hydroxylation is 1. The Kier molecular flexibility index (Phi) is 3.78. The van der Waals surface area contributed by atoms with Crippen molar-refractivity contribution in [1.29, 1.82) is 0 Å². The van der Waals surface area contributed by atoms with Gasteiger partial charge in [0.2, 0.25) is 5.91 Å². The summed E-state index contributed by atoms with van der Waals surface area (Å²) < 4.78 is 4.94. The topological polar surface area (TPSA) is 75.1 Å². The van der Waals surface area contributed by atoms with Gasteiger partial charge in [-0.15, -0.1) is 0 Å². The molecule has 0 saturated carbocycles. The molecule has 3 aromatic rings. The molecule has 0 aliphatic carbocycles. The molecular formula is C17H16N2O3. The number of hydrogen-bond donors (Lipinski definition) is 2. The molecule has 112 valence electrons. The lowest BCUT2D eigenvalue weighted by molar-refractivity contribution is -0.120. The van der Waals surface area contributed by atoms with E-state index >= 15 is 0 Å². The van der Waals surface area contributed by atoms with E-state index in [1.807, 2.05) is 37.3 Å². The van der Waals surface area contributed by atoms with Gasteiger partial charge in [0.1, 0.15) is 0 Å². The Morgan fingerprint density at radius 3 is 2.64 bits per heavy atom. The van der Waals surface area contributed by atoms with Crippen molar-refractivity contribution in [3.63, 3.8) is 0 Å². The minimum absolute atomic E-state index is 0.0374. The fourth-order valence-electron chi connectivity index (χ4n) is 2.26. The van der Waals surface area contributed by atoms with Crippen LogP contribution in [0.5, 0.6) is 0 Å². The number of amides is 1. The molecule has 0 aliphatic rings. The summed E-state index contributed by atoms with van der Waals surface area (Å²) in [5.74, 6) is -0.514. The smallest absolute Gasteiger partial charge is 0.408 e. The van der Waals surface area contributed by atoms with Crippen molar-refractivity contribution >= 4 is 17.0 Å². The van der Waals surface area contributed by atoms with Gasteiger partial charge in [0.05, 0.1) is 11.9 Å². The number of fused-ring (bicyclic) bond motifs is 1. The Morgan fingerprint density at radius 2 is 1.86 bits per heavy atom. The van der Waals surface area contributed by atoms with E-state index < -0.39 is 5.76 Å². The molecule has 22 heavy (non-hydrogen) atoms. The molecule has 0 atom stereocenters. The summed E-state index contributed by atoms with van der Waals surface area (Å²) >= 11 is 0. The molecule has 1 amide bonds. The third-order valence-electron chi connectivity index (χ3n) is 3.46. The number of aromatic nitrogens is 1. The number of oxazole rings is 1. The van der Waals surface area contributed by atoms with Crippen LogP contribution in [-0.4, -0.2) is 10.9 Å². The van der Waals surface area contributed by atoms with E-state index in [0.29, 0.717) is 24.1 Å². The fourth-order valence-corrected chi connectivity index (χ4v) is 2.26. The molecule has 1 heterocycles. The van der Waals surface area contributed by atoms with Gasteiger partial charge in [0.15, 0.2) is 5.58 Å². The number of nitrogens with one attached hydrogen (secondary N) is 2. The van der Waals surface area contributed by atoms with Gasteiger partial charge in [-0.05, 0) is 30.2 Å². The first-order valence-corrected chi connectivity index (χ1v) is 7.04. The molecule has 5 heteroatoms. The van der Waals surface area contributed by atoms with Crippen LogP contribution in [-0.2, 0) is 17.8 Å². The standard InChI is InChI=1S/C17H16N2O3/c1-11-2-4-12(5-3-11)9-16(20)18-10-13-6-7-15-14(8-13)19-17(21)22-15/h2-8H,9-10H2,1H3,(H,18,20)(H,19,21). The fraction of sp³-hybridized carbons (Fsp3) is 0.176. The second-order valence-corrected chi connectivity index (χ2v) is 5.28. The minimum Gasteiger partial charge on any atom is -0.408 e. The lowest BCUT2D eigenvalue weighted by atomic mass is 10.1. The van der Waals surface area contributed by atoms with Crippen LogP contribution < -0.4 is 11.1 Å². The van der Waals surface area contributed by atoms with Crippen LogP contribution in [0, 0.1) is 6.92 Å². The predicted octanol–water partition coefficient (Wildman–Crippen LogP) is 2.29. The summed E-state index contributed by atoms with van der Waals surface area (Å²) in [5.41, 5.74) is 4.21. The summed E-state index contributed by atoms with van der Waals surface area (Å²) in [6.07, 6.45) is 0.352. The highest BCUT2D eigenvalue weighted by molar-refractivity contribution is 5.79. The van der Waals surface area contributed by atoms with E-state index in [4.69, 9.17) is 4.42 Å². The summed E-state index contributed by atoms with van der Waals surface area (Å²) in [5, 5.41) is 2.87. The first-order valence-electron chi connectivity index (χ1n) is 7.04. The quantitative estimate of drug-likeness (QED) is 0.775. The van der Waals surface area contributed by atoms with Crippen molar-refractivity contribution in [2.75, 3.05) is 0 Å². The number of carbonyl (C=O) groups is 1. The number of hydrogen-bond acceptors (Lipinski definition) is 3. The van der Waals surface area contributed by atoms with Crippen molar-refractivity contribution in [2.45, 2.75) is 19.9 Å². The van der Waals surface area contributed by atoms with Crippen molar-refractivity contribution in [3.8, 4) is 0 Å². The van der Waals surface area contributed by atoms with E-state index in [1.165, 1.54) is 5.56 Å². The maximum absolute atomic E-state index is 12.0. The third kappa shape index (κ3) is 3.25. The second kappa shape index (κ2) is 5.89. The molecular weight excluding hydrogens is 280 g/mol. The lowest BCUT2D eigenvalue weighted by Gasteiger charge is -2.06. The van der Waals surface area contributed by atoms with Gasteiger partial charge in [-0.3, -0.25) is 9.78 Å². The number of rotatable bonds is 4. The Hall–Kier alpha value is -2.82. The Morgan fingerprint density at radius 1 is 1.14 bits per heavy atom. The molecule has 0 saturated heterocycles. The van der Waals surface area contributed by atoms with E-state index in [9.17, 15) is 9.59 Å². The van der Waals surface area contributed by atoms with Gasteiger partial charge in [-0.25, -0.2) is 4.79 Å². The van der Waals surface area contributed by atoms with Crippen LogP contribution in [0.2, 0.25) is 0 Å². The highest BCUT2D eigenvalue weighted by Gasteiger charge is 2.05. The van der Waals surface area contributed by atoms with Crippen molar-refractivity contribution < 1.29 is 9.21 Å². The molecule has 2 N–H and O–H groups in total. The normalized spacial score (nSPS) is 10.8. The molecule has 2 aromatic carbocycles. The Bertz CT molecular complexity index is 859. The number of benzene rings is 2. The molecule has 5 nitrogen and oxygen atoms in total. The molecule has 0 radical (unpaired) electrons. The number of aromatic amines is 1. The maximum atomic E-state index is 12.0. The second-order valence-electron chi connectivity index (χ2n) is 5.28. The minimum atomic E-state index is -0.476. The molecule has 1 aromatic heterocycles. The Labute approximate surface area is 127 Å². The molecule has 0 aliphatic heterocycles. The zero-order chi connectivity index (χ0) is 15.5. The largest absolute Gasteiger partial charge is 0.417 e. The molecule has 0 unspecified atom stereocenters. The average molecular weight is 296 g/mol. The van der Waals surface area contributed by atoms with E-state index in [0.717, 1.165) is 11.1 Å². The van der Waals surface area contributed by atoms with E-state index in [2.05, 4.69) is 10.3 Å². The van der Waals surface area contributed by atoms with Crippen LogP contribution in [0.15, 0.2) is 51.7 Å². The van der Waals surface area contributed by atoms with Gasteiger partial charge in [0, 0.05) is 6.54 Å². The average Bonchev–Trinajstić information content (AvgIpc) is 2.87. The van der Waals surface area contributed by atoms with E-state index in [1.54, 1.807) is 12.1 Å². The van der Waals surface area contributed by atoms with Crippen LogP contribution in [0.3, 0.4) is 0 Å². The first kappa shape index (κ1) is 14.1. The van der Waals surface area contributed by atoms with E-state index in [-0.39, 0.29) is 5.91 Å². The highest BCUT2D eigenvalue weighted by atomic mass is 16.4. The van der Waals surface area contributed by atoms with Crippen molar-refractivity contribution in [1.82, 2.24) is 10.3 Å². The van der Waals surface area contributed by atoms with Crippen molar-refractivity contribution in [3.05, 3.63) is 69.7 Å². The zero-order valence-corrected chi connectivity index (χ0v) is 12.2. The zero-order valence-electron chi connectivity index (χ0n) is 12.2. The van der Waals surface area contributed by atoms with Gasteiger partial charge in [-0.1, -0.05) is 35.9 Å². The monoisotopic (exact) mass is 296 g/mol. The van der Waals surface area contributed by atoms with Gasteiger partial charge in [-0.2, -0.15) is 0 Å². The van der Waals surface area contributed by atoms with Gasteiger partial charge in [0.25, 0.3) is 0 Å². The SMILES string of the molecule is Cc1ccc(CC(=O)NCc2ccc3oc(=O)[nH]c3c2)cc1. The predicted molar refractivity (Wildman–Crippen MR) is 83.6 cm³/mol. The van der Waals surface area contributed by atoms with Crippen LogP contribution in [0.25, 0.3) is 11.1 Å². The lowest BCUT2D eigenvalue weighted by Crippen LogP contribution is -2.24. The molecule has 0 bridgehead atoms. The summed E-state index contributed by atoms with van der Waals surface area (Å²) in [6.45, 7) is 2.42. The summed E-state index contributed by atoms with van der Waals surface area (Å²) in [6, 6.07) is 13.2. The van der Waals surface area contributed by atoms with Crippen molar-refractivity contribution in [2.24, 2.45) is 0 Å². The van der Waals surface area contributed by atoms with Crippen LogP contribution in [0.4, 0.5) is 0 Å². The summed E-state index contributed by atoms with van der Waals surface area (Å²) in [4.78, 5) is 25.6. The number of carbonyl (C=O) groups excluding carboxylic acids is 1. The molecule has 0 fully saturated rings. The third-order valence-corrected chi connectivity index (χ3v) is 3.46. The maximum Gasteiger partial charge on any atom is 0.417 e. The molecule has 3 rings (SSSR count). The van der Waals surface area contributed by atoms with Gasteiger partial charge < -0.3 is 9.73 Å². The summed E-state index contributed by atoms with van der Waals surface area (Å²) in [7, 11) is 0. The highest BCUT2D eigenvalue weighted by Crippen LogP contribution is 2.12. The molecule has 0 spiro atoms. The van der Waals surface area contributed by atoms with Crippen LogP contribution in [0.1, 0.15) is 16.7 Å². The number of H-pyrrole nitrogens is 1.